The summed E-state index contributed by atoms with van der Waals surface area (Å²) >= 11 is 0. The SMILES string of the molecule is CC1C(O)[C@@H](OC2C(C)[C@H](C)C(COCc3ccccc3)O[C@@H]2OC2C(C)[C@H](C)C(COCc3ccccc3)O[C@@H]2O[C@@H]2C(OCc3ccccc3)[C@H](OC3CCC(NS(=O)(=O)c4ccccc4)CC3)OC3COC(c4ccccc4)O[C@H]32)OC(COCc2ccccc2)[C@H]1C. The van der Waals surface area contributed by atoms with E-state index in [2.05, 4.69) is 39.3 Å². The Morgan fingerprint density at radius 2 is 0.833 bits per heavy atom. The molecular formula is C77H97NO17S. The molecule has 2 N–H and O–H groups in total. The molecule has 1 aliphatic carbocycles. The summed E-state index contributed by atoms with van der Waals surface area (Å²) in [5, 5.41) is 12.2. The van der Waals surface area contributed by atoms with Crippen LogP contribution in [0.1, 0.15) is 101 Å². The number of nitrogens with one attached hydrogen (secondary N) is 1. The van der Waals surface area contributed by atoms with Crippen molar-refractivity contribution >= 4 is 10.0 Å². The molecule has 18 nitrogen and oxygen atoms in total. The Balaban J connectivity index is 0.872. The van der Waals surface area contributed by atoms with Gasteiger partial charge in [0.15, 0.2) is 31.5 Å². The summed E-state index contributed by atoms with van der Waals surface area (Å²) in [5.41, 5.74) is 4.85. The lowest BCUT2D eigenvalue weighted by atomic mass is 9.81. The summed E-state index contributed by atoms with van der Waals surface area (Å²) in [7, 11) is -3.75. The largest absolute Gasteiger partial charge is 0.388 e. The van der Waals surface area contributed by atoms with E-state index < -0.39 is 103 Å². The van der Waals surface area contributed by atoms with Gasteiger partial charge in [0.2, 0.25) is 10.0 Å². The minimum Gasteiger partial charge on any atom is -0.388 e. The monoisotopic (exact) mass is 1340 g/mol. The third kappa shape index (κ3) is 17.8. The van der Waals surface area contributed by atoms with Crippen LogP contribution in [-0.2, 0) is 103 Å². The van der Waals surface area contributed by atoms with Crippen molar-refractivity contribution in [1.29, 1.82) is 0 Å². The number of hydrogen-bond acceptors (Lipinski definition) is 17. The summed E-state index contributed by atoms with van der Waals surface area (Å²) in [4.78, 5) is 0.221. The van der Waals surface area contributed by atoms with Crippen molar-refractivity contribution in [2.24, 2.45) is 35.5 Å². The number of aliphatic hydroxyl groups excluding tert-OH is 1. The van der Waals surface area contributed by atoms with Gasteiger partial charge < -0.3 is 71.4 Å². The van der Waals surface area contributed by atoms with Crippen LogP contribution >= 0.6 is 0 Å². The van der Waals surface area contributed by atoms with E-state index in [9.17, 15) is 13.5 Å². The van der Waals surface area contributed by atoms with Crippen molar-refractivity contribution in [3.63, 3.8) is 0 Å². The second-order valence-electron chi connectivity index (χ2n) is 27.1. The van der Waals surface area contributed by atoms with Crippen LogP contribution in [0.4, 0.5) is 0 Å². The zero-order chi connectivity index (χ0) is 66.5. The van der Waals surface area contributed by atoms with E-state index in [1.165, 1.54) is 0 Å². The van der Waals surface area contributed by atoms with Crippen LogP contribution < -0.4 is 4.72 Å². The first-order chi connectivity index (χ1) is 46.7. The van der Waals surface area contributed by atoms with Gasteiger partial charge in [0.05, 0.1) is 82.2 Å². The molecular weight excluding hydrogens is 1240 g/mol. The molecule has 518 valence electrons. The zero-order valence-corrected chi connectivity index (χ0v) is 56.8. The second-order valence-corrected chi connectivity index (χ2v) is 28.8. The normalized spacial score (nSPS) is 35.0. The van der Waals surface area contributed by atoms with E-state index in [0.717, 1.165) is 27.8 Å². The summed E-state index contributed by atoms with van der Waals surface area (Å²) in [6.07, 6.45) is -10.7. The van der Waals surface area contributed by atoms with E-state index >= 15 is 0 Å². The van der Waals surface area contributed by atoms with Crippen molar-refractivity contribution in [3.05, 3.63) is 210 Å². The minimum absolute atomic E-state index is 0.0568. The van der Waals surface area contributed by atoms with Crippen LogP contribution in [0.25, 0.3) is 0 Å². The summed E-state index contributed by atoms with van der Waals surface area (Å²) in [6, 6.07) is 58.0. The number of rotatable bonds is 27. The van der Waals surface area contributed by atoms with Gasteiger partial charge in [0.1, 0.15) is 42.7 Å². The lowest BCUT2D eigenvalue weighted by Crippen LogP contribution is -2.66. The van der Waals surface area contributed by atoms with Gasteiger partial charge in [-0.15, -0.1) is 0 Å². The summed E-state index contributed by atoms with van der Waals surface area (Å²) in [6.45, 7) is 14.9. The Bertz CT molecular complexity index is 3360. The molecule has 1 saturated carbocycles. The molecule has 5 heterocycles. The maximum atomic E-state index is 13.5. The molecule has 6 aliphatic rings. The molecule has 0 bridgehead atoms. The fraction of sp³-hybridized carbons (Fsp3) is 0.532. The minimum atomic E-state index is -3.75. The molecule has 12 unspecified atom stereocenters. The highest BCUT2D eigenvalue weighted by Gasteiger charge is 2.57. The predicted molar refractivity (Wildman–Crippen MR) is 357 cm³/mol. The molecule has 6 fully saturated rings. The molecule has 5 saturated heterocycles. The highest BCUT2D eigenvalue weighted by molar-refractivity contribution is 7.89. The fourth-order valence-electron chi connectivity index (χ4n) is 14.1. The lowest BCUT2D eigenvalue weighted by molar-refractivity contribution is -0.410. The molecule has 0 spiro atoms. The first kappa shape index (κ1) is 70.5. The molecule has 5 aliphatic heterocycles. The number of fused-ring (bicyclic) bond motifs is 1. The number of benzene rings is 6. The number of aliphatic hydroxyl groups is 1. The zero-order valence-electron chi connectivity index (χ0n) is 56.0. The molecule has 12 rings (SSSR count). The Morgan fingerprint density at radius 3 is 1.32 bits per heavy atom. The van der Waals surface area contributed by atoms with Crippen LogP contribution in [0.3, 0.4) is 0 Å². The van der Waals surface area contributed by atoms with Crippen molar-refractivity contribution in [2.75, 3.05) is 26.4 Å². The summed E-state index contributed by atoms with van der Waals surface area (Å²) in [5.74, 6) is -1.04. The maximum absolute atomic E-state index is 13.5. The third-order valence-corrected chi connectivity index (χ3v) is 22.2. The molecule has 6 aromatic rings. The highest BCUT2D eigenvalue weighted by Crippen LogP contribution is 2.45. The van der Waals surface area contributed by atoms with Crippen LogP contribution in [0.15, 0.2) is 187 Å². The highest BCUT2D eigenvalue weighted by atomic mass is 32.2. The summed E-state index contributed by atoms with van der Waals surface area (Å²) < 4.78 is 128. The van der Waals surface area contributed by atoms with Crippen molar-refractivity contribution in [1.82, 2.24) is 4.72 Å². The standard InChI is InChI=1S/C77H97NO17S/c1-49-52(4)67(79)74(88-63(49)45-82-41-55-25-13-7-14-26-55)92-68-53(5)50(2)64(46-83-42-56-27-15-8-16-28-56)89-75(68)93-69-54(6)51(3)65(47-84-43-57-29-17-9-18-30-57)90-76(69)95-71-70-66(48-86-73(94-70)59-33-21-11-22-34-59)91-77(72(71)85-44-58-31-19-10-20-32-58)87-61-39-37-60(38-40-61)78-96(80,81)62-35-23-12-24-36-62/h7-36,49-54,60-61,63-79H,37-48H2,1-6H3/t49-,50-,51-,52?,53?,54?,60?,61?,63?,64?,65?,66?,67?,68?,69?,70+,71-,72?,73?,74+,75+,76+,77+/m0/s1. The molecule has 0 aromatic heterocycles. The quantitative estimate of drug-likeness (QED) is 0.0494. The van der Waals surface area contributed by atoms with Gasteiger partial charge in [-0.2, -0.15) is 0 Å². The number of ether oxygens (including phenoxy) is 14. The first-order valence-electron chi connectivity index (χ1n) is 34.5. The average Bonchev–Trinajstić information content (AvgIpc) is 0.765. The molecule has 6 aromatic carbocycles. The molecule has 0 radical (unpaired) electrons. The van der Waals surface area contributed by atoms with Crippen molar-refractivity contribution in [2.45, 2.75) is 203 Å². The Labute approximate surface area is 566 Å². The average molecular weight is 1340 g/mol. The fourth-order valence-corrected chi connectivity index (χ4v) is 15.4. The number of hydrogen-bond donors (Lipinski definition) is 2. The van der Waals surface area contributed by atoms with E-state index in [4.69, 9.17) is 66.3 Å². The van der Waals surface area contributed by atoms with Gasteiger partial charge in [0.25, 0.3) is 0 Å². The van der Waals surface area contributed by atoms with Gasteiger partial charge in [-0.25, -0.2) is 13.1 Å². The van der Waals surface area contributed by atoms with Crippen molar-refractivity contribution < 1.29 is 79.8 Å². The predicted octanol–water partition coefficient (Wildman–Crippen LogP) is 11.9. The van der Waals surface area contributed by atoms with Crippen LogP contribution in [0.5, 0.6) is 0 Å². The van der Waals surface area contributed by atoms with Gasteiger partial charge in [-0.1, -0.05) is 211 Å². The van der Waals surface area contributed by atoms with E-state index in [1.807, 2.05) is 159 Å². The molecule has 96 heavy (non-hydrogen) atoms. The van der Waals surface area contributed by atoms with Gasteiger partial charge in [-0.3, -0.25) is 0 Å². The van der Waals surface area contributed by atoms with Gasteiger partial charge >= 0.3 is 0 Å². The van der Waals surface area contributed by atoms with Gasteiger partial charge in [-0.05, 0) is 95.6 Å². The van der Waals surface area contributed by atoms with Gasteiger partial charge in [0, 0.05) is 11.6 Å². The topological polar surface area (TPSA) is 196 Å². The van der Waals surface area contributed by atoms with Crippen LogP contribution in [0, 0.1) is 35.5 Å². The van der Waals surface area contributed by atoms with E-state index in [-0.39, 0.29) is 79.0 Å². The Hall–Kier alpha value is -5.37. The van der Waals surface area contributed by atoms with Crippen LogP contribution in [-0.4, -0.2) is 138 Å². The Kier molecular flexibility index (Phi) is 24.7. The smallest absolute Gasteiger partial charge is 0.240 e. The molecule has 19 heteroatoms. The van der Waals surface area contributed by atoms with E-state index in [1.54, 1.807) is 30.3 Å². The maximum Gasteiger partial charge on any atom is 0.240 e. The van der Waals surface area contributed by atoms with Crippen LogP contribution in [0.2, 0.25) is 0 Å². The van der Waals surface area contributed by atoms with Crippen molar-refractivity contribution in [3.8, 4) is 0 Å². The molecule has 21 atom stereocenters. The third-order valence-electron chi connectivity index (χ3n) is 20.6. The van der Waals surface area contributed by atoms with E-state index in [0.29, 0.717) is 52.1 Å². The second kappa shape index (κ2) is 33.7. The lowest BCUT2D eigenvalue weighted by Gasteiger charge is -2.53. The first-order valence-corrected chi connectivity index (χ1v) is 36.0. The Morgan fingerprint density at radius 1 is 0.427 bits per heavy atom. The number of sulfonamides is 1. The molecule has 0 amide bonds.